The summed E-state index contributed by atoms with van der Waals surface area (Å²) in [5.74, 6) is -1.16. The lowest BCUT2D eigenvalue weighted by Gasteiger charge is -2.04. The lowest BCUT2D eigenvalue weighted by molar-refractivity contribution is 0.0697. The molecule has 0 aliphatic carbocycles. The molecule has 0 spiro atoms. The molecule has 1 aromatic heterocycles. The monoisotopic (exact) mass is 319 g/mol. The van der Waals surface area contributed by atoms with Crippen molar-refractivity contribution in [3.05, 3.63) is 52.2 Å². The summed E-state index contributed by atoms with van der Waals surface area (Å²) in [6.45, 7) is 0. The van der Waals surface area contributed by atoms with Gasteiger partial charge >= 0.3 is 5.97 Å². The van der Waals surface area contributed by atoms with Gasteiger partial charge in [0.25, 0.3) is 0 Å². The zero-order valence-electron chi connectivity index (χ0n) is 10.9. The van der Waals surface area contributed by atoms with E-state index in [1.54, 1.807) is 0 Å². The Morgan fingerprint density at radius 3 is 2.41 bits per heavy atom. The molecule has 0 unspecified atom stereocenters. The van der Waals surface area contributed by atoms with Crippen molar-refractivity contribution in [2.75, 3.05) is 0 Å². The fourth-order valence-electron chi connectivity index (χ4n) is 2.14. The van der Waals surface area contributed by atoms with Crippen LogP contribution in [0.1, 0.15) is 10.4 Å². The van der Waals surface area contributed by atoms with Gasteiger partial charge in [0.15, 0.2) is 0 Å². The number of nitrogens with two attached hydrogens (primary N) is 1. The number of carboxylic acid groups (broad SMARTS) is 1. The molecular weight excluding hydrogens is 310 g/mol. The van der Waals surface area contributed by atoms with Gasteiger partial charge in [0.05, 0.1) is 21.2 Å². The Hall–Kier alpha value is -2.71. The molecule has 0 aliphatic heterocycles. The van der Waals surface area contributed by atoms with Crippen molar-refractivity contribution in [1.82, 2.24) is 0 Å². The Balaban J connectivity index is 2.41. The van der Waals surface area contributed by atoms with Crippen molar-refractivity contribution in [3.63, 3.8) is 0 Å². The fourth-order valence-corrected chi connectivity index (χ4v) is 2.67. The number of hydrogen-bond donors (Lipinski definition) is 2. The third-order valence-electron chi connectivity index (χ3n) is 3.22. The summed E-state index contributed by atoms with van der Waals surface area (Å²) in [5, 5.41) is 14.2. The predicted molar refractivity (Wildman–Crippen MR) is 78.3 cm³/mol. The van der Waals surface area contributed by atoms with E-state index in [4.69, 9.17) is 14.7 Å². The van der Waals surface area contributed by atoms with Gasteiger partial charge in [-0.25, -0.2) is 18.4 Å². The molecule has 7 nitrogen and oxygen atoms in total. The molecule has 22 heavy (non-hydrogen) atoms. The zero-order chi connectivity index (χ0) is 16.1. The molecule has 3 rings (SSSR count). The molecule has 0 saturated heterocycles. The Morgan fingerprint density at radius 2 is 1.77 bits per heavy atom. The number of rotatable bonds is 2. The van der Waals surface area contributed by atoms with Crippen molar-refractivity contribution in [1.29, 1.82) is 0 Å². The molecule has 0 bridgehead atoms. The first kappa shape index (κ1) is 14.2. The van der Waals surface area contributed by atoms with Gasteiger partial charge in [0.1, 0.15) is 11.2 Å². The van der Waals surface area contributed by atoms with Crippen molar-refractivity contribution in [2.45, 2.75) is 4.90 Å². The van der Waals surface area contributed by atoms with Crippen molar-refractivity contribution < 1.29 is 22.7 Å². The smallest absolute Gasteiger partial charge is 0.335 e. The van der Waals surface area contributed by atoms with Crippen LogP contribution in [0.15, 0.2) is 50.5 Å². The topological polar surface area (TPSA) is 128 Å². The third-order valence-corrected chi connectivity index (χ3v) is 4.13. The zero-order valence-corrected chi connectivity index (χ0v) is 11.8. The van der Waals surface area contributed by atoms with Gasteiger partial charge in [-0.2, -0.15) is 0 Å². The Labute approximate surface area is 123 Å². The molecule has 112 valence electrons. The van der Waals surface area contributed by atoms with E-state index in [1.807, 2.05) is 0 Å². The minimum Gasteiger partial charge on any atom is -0.478 e. The van der Waals surface area contributed by atoms with E-state index in [-0.39, 0.29) is 32.4 Å². The predicted octanol–water partition coefficient (Wildman–Crippen LogP) is 1.29. The number of carbonyl (C=O) groups is 1. The van der Waals surface area contributed by atoms with Crippen LogP contribution >= 0.6 is 0 Å². The van der Waals surface area contributed by atoms with E-state index in [0.717, 1.165) is 6.07 Å². The van der Waals surface area contributed by atoms with Crippen LogP contribution in [0, 0.1) is 0 Å². The normalized spacial score (nSPS) is 11.9. The van der Waals surface area contributed by atoms with Crippen LogP contribution in [0.25, 0.3) is 21.9 Å². The van der Waals surface area contributed by atoms with Gasteiger partial charge in [-0.05, 0) is 30.3 Å². The number of hydrogen-bond acceptors (Lipinski definition) is 5. The molecule has 8 heteroatoms. The molecule has 3 N–H and O–H groups in total. The molecule has 0 atom stereocenters. The highest BCUT2D eigenvalue weighted by Gasteiger charge is 2.14. The second kappa shape index (κ2) is 4.65. The lowest BCUT2D eigenvalue weighted by atomic mass is 10.1. The second-order valence-corrected chi connectivity index (χ2v) is 6.21. The molecule has 3 aromatic rings. The SMILES string of the molecule is NS(=O)(=O)c1ccc2c(=O)c3cc(C(=O)O)ccc3oc2c1. The number of carboxylic acids is 1. The van der Waals surface area contributed by atoms with E-state index < -0.39 is 21.4 Å². The summed E-state index contributed by atoms with van der Waals surface area (Å²) in [6.07, 6.45) is 0. The van der Waals surface area contributed by atoms with Crippen LogP contribution in [0.4, 0.5) is 0 Å². The van der Waals surface area contributed by atoms with Gasteiger partial charge in [0.2, 0.25) is 15.5 Å². The molecule has 2 aromatic carbocycles. The number of sulfonamides is 1. The van der Waals surface area contributed by atoms with Crippen LogP contribution in [0.5, 0.6) is 0 Å². The highest BCUT2D eigenvalue weighted by Crippen LogP contribution is 2.22. The number of primary sulfonamides is 1. The van der Waals surface area contributed by atoms with Crippen LogP contribution in [-0.2, 0) is 10.0 Å². The Kier molecular flexibility index (Phi) is 3.01. The fraction of sp³-hybridized carbons (Fsp3) is 0. The van der Waals surface area contributed by atoms with Crippen molar-refractivity contribution in [3.8, 4) is 0 Å². The Bertz CT molecular complexity index is 1100. The maximum Gasteiger partial charge on any atom is 0.335 e. The van der Waals surface area contributed by atoms with Gasteiger partial charge < -0.3 is 9.52 Å². The maximum atomic E-state index is 12.4. The summed E-state index contributed by atoms with van der Waals surface area (Å²) in [6, 6.07) is 7.51. The van der Waals surface area contributed by atoms with Crippen LogP contribution in [0.2, 0.25) is 0 Å². The van der Waals surface area contributed by atoms with Gasteiger partial charge in [0, 0.05) is 6.07 Å². The number of benzene rings is 2. The van der Waals surface area contributed by atoms with E-state index in [1.165, 1.54) is 30.3 Å². The molecule has 0 fully saturated rings. The van der Waals surface area contributed by atoms with Gasteiger partial charge in [-0.1, -0.05) is 0 Å². The molecule has 0 radical (unpaired) electrons. The highest BCUT2D eigenvalue weighted by molar-refractivity contribution is 7.89. The summed E-state index contributed by atoms with van der Waals surface area (Å²) in [5.41, 5.74) is -0.262. The molecular formula is C14H9NO6S. The quantitative estimate of drug-likeness (QED) is 0.685. The minimum absolute atomic E-state index is 0.0414. The summed E-state index contributed by atoms with van der Waals surface area (Å²) >= 11 is 0. The first-order valence-corrected chi connectivity index (χ1v) is 7.59. The number of fused-ring (bicyclic) bond motifs is 2. The molecule has 0 saturated carbocycles. The van der Waals surface area contributed by atoms with Crippen LogP contribution in [-0.4, -0.2) is 19.5 Å². The summed E-state index contributed by atoms with van der Waals surface area (Å²) in [4.78, 5) is 23.2. The van der Waals surface area contributed by atoms with Gasteiger partial charge in [-0.15, -0.1) is 0 Å². The lowest BCUT2D eigenvalue weighted by Crippen LogP contribution is -2.12. The Morgan fingerprint density at radius 1 is 1.05 bits per heavy atom. The molecule has 0 aliphatic rings. The molecule has 1 heterocycles. The third kappa shape index (κ3) is 2.24. The maximum absolute atomic E-state index is 12.4. The van der Waals surface area contributed by atoms with Crippen LogP contribution < -0.4 is 10.6 Å². The first-order valence-electron chi connectivity index (χ1n) is 6.04. The van der Waals surface area contributed by atoms with Gasteiger partial charge in [-0.3, -0.25) is 4.79 Å². The minimum atomic E-state index is -3.92. The van der Waals surface area contributed by atoms with Crippen LogP contribution in [0.3, 0.4) is 0 Å². The summed E-state index contributed by atoms with van der Waals surface area (Å²) < 4.78 is 28.2. The highest BCUT2D eigenvalue weighted by atomic mass is 32.2. The largest absolute Gasteiger partial charge is 0.478 e. The van der Waals surface area contributed by atoms with E-state index in [9.17, 15) is 18.0 Å². The van der Waals surface area contributed by atoms with E-state index in [2.05, 4.69) is 0 Å². The summed E-state index contributed by atoms with van der Waals surface area (Å²) in [7, 11) is -3.92. The standard InChI is InChI=1S/C14H9NO6S/c15-22(19,20)8-2-3-9-12(6-8)21-11-4-1-7(14(17)18)5-10(11)13(9)16/h1-6H,(H,17,18)(H2,15,19,20). The first-order chi connectivity index (χ1) is 10.3. The average Bonchev–Trinajstić information content (AvgIpc) is 2.45. The van der Waals surface area contributed by atoms with E-state index >= 15 is 0 Å². The average molecular weight is 319 g/mol. The van der Waals surface area contributed by atoms with Crippen molar-refractivity contribution in [2.24, 2.45) is 5.14 Å². The molecule has 0 amide bonds. The number of aromatic carboxylic acids is 1. The van der Waals surface area contributed by atoms with Crippen molar-refractivity contribution >= 4 is 37.9 Å². The van der Waals surface area contributed by atoms with E-state index in [0.29, 0.717) is 0 Å². The second-order valence-electron chi connectivity index (χ2n) is 4.65.